The van der Waals surface area contributed by atoms with Gasteiger partial charge in [-0.25, -0.2) is 0 Å². The van der Waals surface area contributed by atoms with E-state index < -0.39 is 0 Å². The lowest BCUT2D eigenvalue weighted by atomic mass is 9.93. The second-order valence-electron chi connectivity index (χ2n) is 6.23. The summed E-state index contributed by atoms with van der Waals surface area (Å²) in [6.45, 7) is 4.41. The topological polar surface area (TPSA) is 55.1 Å². The molecule has 0 saturated heterocycles. The minimum absolute atomic E-state index is 0.0286. The standard InChI is InChI=1S/C16H22Cl2N2O/c1-10(7-11-3-6-13(17)8-14(11)18)15(21)20-16(2,9-19)12-4-5-12/h3,6,8,10,12H,4-5,7,9,19H2,1-2H3,(H,20,21). The molecule has 2 rings (SSSR count). The molecule has 1 amide bonds. The molecule has 0 radical (unpaired) electrons. The first kappa shape index (κ1) is 16.6. The summed E-state index contributed by atoms with van der Waals surface area (Å²) >= 11 is 12.0. The van der Waals surface area contributed by atoms with Crippen molar-refractivity contribution in [2.45, 2.75) is 38.6 Å². The third-order valence-electron chi connectivity index (χ3n) is 4.30. The minimum atomic E-state index is -0.283. The lowest BCUT2D eigenvalue weighted by Gasteiger charge is -2.31. The predicted molar refractivity (Wildman–Crippen MR) is 87.7 cm³/mol. The minimum Gasteiger partial charge on any atom is -0.349 e. The van der Waals surface area contributed by atoms with Gasteiger partial charge < -0.3 is 11.1 Å². The van der Waals surface area contributed by atoms with Crippen LogP contribution in [-0.2, 0) is 11.2 Å². The number of amides is 1. The SMILES string of the molecule is CC(Cc1ccc(Cl)cc1Cl)C(=O)NC(C)(CN)C1CC1. The first-order valence-corrected chi connectivity index (χ1v) is 8.07. The Balaban J connectivity index is 1.99. The van der Waals surface area contributed by atoms with Crippen molar-refractivity contribution in [3.8, 4) is 0 Å². The van der Waals surface area contributed by atoms with Gasteiger partial charge in [-0.1, -0.05) is 36.2 Å². The Morgan fingerprint density at radius 3 is 2.67 bits per heavy atom. The van der Waals surface area contributed by atoms with E-state index in [2.05, 4.69) is 5.32 Å². The van der Waals surface area contributed by atoms with Crippen LogP contribution in [0.2, 0.25) is 10.0 Å². The monoisotopic (exact) mass is 328 g/mol. The van der Waals surface area contributed by atoms with E-state index in [1.165, 1.54) is 0 Å². The lowest BCUT2D eigenvalue weighted by Crippen LogP contribution is -2.54. The van der Waals surface area contributed by atoms with E-state index in [4.69, 9.17) is 28.9 Å². The molecule has 0 aromatic heterocycles. The molecule has 2 atom stereocenters. The van der Waals surface area contributed by atoms with Crippen molar-refractivity contribution in [3.05, 3.63) is 33.8 Å². The molecule has 21 heavy (non-hydrogen) atoms. The number of hydrogen-bond donors (Lipinski definition) is 2. The zero-order valence-corrected chi connectivity index (χ0v) is 14.0. The molecule has 3 nitrogen and oxygen atoms in total. The Kier molecular flexibility index (Phi) is 5.18. The summed E-state index contributed by atoms with van der Waals surface area (Å²) < 4.78 is 0. The molecule has 5 heteroatoms. The Labute approximate surface area is 136 Å². The number of carbonyl (C=O) groups is 1. The Morgan fingerprint density at radius 1 is 1.48 bits per heavy atom. The van der Waals surface area contributed by atoms with Gasteiger partial charge in [-0.15, -0.1) is 0 Å². The highest BCUT2D eigenvalue weighted by Gasteiger charge is 2.42. The maximum Gasteiger partial charge on any atom is 0.223 e. The van der Waals surface area contributed by atoms with Crippen molar-refractivity contribution in [1.29, 1.82) is 0 Å². The molecule has 1 fully saturated rings. The average molecular weight is 329 g/mol. The van der Waals surface area contributed by atoms with E-state index in [0.717, 1.165) is 18.4 Å². The number of hydrogen-bond acceptors (Lipinski definition) is 2. The Bertz CT molecular complexity index is 531. The first-order chi connectivity index (χ1) is 9.85. The zero-order valence-electron chi connectivity index (χ0n) is 12.5. The lowest BCUT2D eigenvalue weighted by molar-refractivity contribution is -0.126. The molecule has 0 spiro atoms. The van der Waals surface area contributed by atoms with E-state index in [1.807, 2.05) is 19.9 Å². The highest BCUT2D eigenvalue weighted by Crippen LogP contribution is 2.39. The summed E-state index contributed by atoms with van der Waals surface area (Å²) in [6, 6.07) is 5.37. The van der Waals surface area contributed by atoms with Crippen LogP contribution in [0.4, 0.5) is 0 Å². The molecular formula is C16H22Cl2N2O. The van der Waals surface area contributed by atoms with Gasteiger partial charge in [0.25, 0.3) is 0 Å². The largest absolute Gasteiger partial charge is 0.349 e. The third-order valence-corrected chi connectivity index (χ3v) is 4.89. The van der Waals surface area contributed by atoms with Gasteiger partial charge in [-0.2, -0.15) is 0 Å². The molecule has 0 bridgehead atoms. The second-order valence-corrected chi connectivity index (χ2v) is 7.07. The third kappa shape index (κ3) is 4.12. The highest BCUT2D eigenvalue weighted by molar-refractivity contribution is 6.35. The second kappa shape index (κ2) is 6.55. The quantitative estimate of drug-likeness (QED) is 0.840. The van der Waals surface area contributed by atoms with Crippen LogP contribution in [0.3, 0.4) is 0 Å². The van der Waals surface area contributed by atoms with Gasteiger partial charge in [0.2, 0.25) is 5.91 Å². The molecule has 1 aliphatic carbocycles. The van der Waals surface area contributed by atoms with Gasteiger partial charge in [-0.05, 0) is 49.8 Å². The maximum absolute atomic E-state index is 12.4. The zero-order chi connectivity index (χ0) is 15.6. The van der Waals surface area contributed by atoms with Crippen LogP contribution in [0.5, 0.6) is 0 Å². The summed E-state index contributed by atoms with van der Waals surface area (Å²) in [5.41, 5.74) is 6.49. The average Bonchev–Trinajstić information content (AvgIpc) is 3.26. The van der Waals surface area contributed by atoms with Gasteiger partial charge in [0.1, 0.15) is 0 Å². The number of nitrogens with two attached hydrogens (primary N) is 1. The van der Waals surface area contributed by atoms with Crippen LogP contribution < -0.4 is 11.1 Å². The molecule has 1 aromatic carbocycles. The van der Waals surface area contributed by atoms with E-state index in [0.29, 0.717) is 28.9 Å². The van der Waals surface area contributed by atoms with Crippen LogP contribution in [0.1, 0.15) is 32.3 Å². The number of halogens is 2. The molecule has 0 aliphatic heterocycles. The molecule has 1 aromatic rings. The van der Waals surface area contributed by atoms with E-state index in [1.54, 1.807) is 12.1 Å². The molecule has 2 unspecified atom stereocenters. The van der Waals surface area contributed by atoms with Gasteiger partial charge in [-0.3, -0.25) is 4.79 Å². The van der Waals surface area contributed by atoms with Gasteiger partial charge >= 0.3 is 0 Å². The van der Waals surface area contributed by atoms with Crippen molar-refractivity contribution in [3.63, 3.8) is 0 Å². The normalized spacial score (nSPS) is 18.9. The van der Waals surface area contributed by atoms with Crippen LogP contribution in [0.25, 0.3) is 0 Å². The van der Waals surface area contributed by atoms with Crippen molar-refractivity contribution >= 4 is 29.1 Å². The van der Waals surface area contributed by atoms with E-state index in [-0.39, 0.29) is 17.4 Å². The molecule has 116 valence electrons. The molecule has 1 saturated carbocycles. The van der Waals surface area contributed by atoms with Crippen molar-refractivity contribution in [1.82, 2.24) is 5.32 Å². The van der Waals surface area contributed by atoms with E-state index >= 15 is 0 Å². The van der Waals surface area contributed by atoms with Crippen LogP contribution >= 0.6 is 23.2 Å². The van der Waals surface area contributed by atoms with Crippen LogP contribution in [0.15, 0.2) is 18.2 Å². The molecule has 1 aliphatic rings. The Hall–Kier alpha value is -0.770. The van der Waals surface area contributed by atoms with Crippen molar-refractivity contribution < 1.29 is 4.79 Å². The number of nitrogens with one attached hydrogen (secondary N) is 1. The number of carbonyl (C=O) groups excluding carboxylic acids is 1. The molecule has 0 heterocycles. The fourth-order valence-electron chi connectivity index (χ4n) is 2.55. The van der Waals surface area contributed by atoms with Crippen molar-refractivity contribution in [2.75, 3.05) is 6.54 Å². The summed E-state index contributed by atoms with van der Waals surface area (Å²) in [5.74, 6) is 0.381. The van der Waals surface area contributed by atoms with E-state index in [9.17, 15) is 4.79 Å². The highest BCUT2D eigenvalue weighted by atomic mass is 35.5. The van der Waals surface area contributed by atoms with Gasteiger partial charge in [0.05, 0.1) is 5.54 Å². The summed E-state index contributed by atoms with van der Waals surface area (Å²) in [5, 5.41) is 4.33. The smallest absolute Gasteiger partial charge is 0.223 e. The van der Waals surface area contributed by atoms with Gasteiger partial charge in [0, 0.05) is 22.5 Å². The fourth-order valence-corrected chi connectivity index (χ4v) is 3.04. The molecular weight excluding hydrogens is 307 g/mol. The first-order valence-electron chi connectivity index (χ1n) is 7.31. The summed E-state index contributed by atoms with van der Waals surface area (Å²) in [7, 11) is 0. The maximum atomic E-state index is 12.4. The van der Waals surface area contributed by atoms with Gasteiger partial charge in [0.15, 0.2) is 0 Å². The number of rotatable bonds is 6. The predicted octanol–water partition coefficient (Wildman–Crippen LogP) is 3.42. The van der Waals surface area contributed by atoms with Crippen LogP contribution in [0, 0.1) is 11.8 Å². The van der Waals surface area contributed by atoms with Crippen molar-refractivity contribution in [2.24, 2.45) is 17.6 Å². The Morgan fingerprint density at radius 2 is 2.14 bits per heavy atom. The number of benzene rings is 1. The fraction of sp³-hybridized carbons (Fsp3) is 0.562. The molecule has 3 N–H and O–H groups in total. The summed E-state index contributed by atoms with van der Waals surface area (Å²) in [6.07, 6.45) is 2.88. The summed E-state index contributed by atoms with van der Waals surface area (Å²) in [4.78, 5) is 12.4. The van der Waals surface area contributed by atoms with Crippen LogP contribution in [-0.4, -0.2) is 18.0 Å².